The minimum atomic E-state index is -2.18. The van der Waals surface area contributed by atoms with E-state index in [9.17, 15) is 34.5 Å². The van der Waals surface area contributed by atoms with Crippen molar-refractivity contribution in [2.24, 2.45) is 17.3 Å². The topological polar surface area (TPSA) is 175 Å². The van der Waals surface area contributed by atoms with Crippen LogP contribution < -0.4 is 0 Å². The maximum absolute atomic E-state index is 13.6. The Labute approximate surface area is 250 Å². The molecule has 12 heteroatoms. The molecule has 0 amide bonds. The molecule has 0 radical (unpaired) electrons. The Hall–Kier alpha value is -3.06. The summed E-state index contributed by atoms with van der Waals surface area (Å²) in [5, 5.41) is 36.3. The summed E-state index contributed by atoms with van der Waals surface area (Å²) in [5.41, 5.74) is -7.64. The van der Waals surface area contributed by atoms with Gasteiger partial charge in [0, 0.05) is 26.2 Å². The second-order valence-corrected chi connectivity index (χ2v) is 12.7. The van der Waals surface area contributed by atoms with E-state index in [0.29, 0.717) is 6.42 Å². The van der Waals surface area contributed by atoms with Crippen molar-refractivity contribution in [2.45, 2.75) is 109 Å². The average Bonchev–Trinajstić information content (AvgIpc) is 3.11. The van der Waals surface area contributed by atoms with Crippen molar-refractivity contribution in [2.75, 3.05) is 6.61 Å². The quantitative estimate of drug-likeness (QED) is 0.289. The van der Waals surface area contributed by atoms with Gasteiger partial charge in [0.1, 0.15) is 35.9 Å². The molecular weight excluding hydrogens is 564 g/mol. The number of fused-ring (bicyclic) bond motifs is 1. The van der Waals surface area contributed by atoms with E-state index < -0.39 is 95.1 Å². The largest absolute Gasteiger partial charge is 0.464 e. The Morgan fingerprint density at radius 1 is 0.977 bits per heavy atom. The summed E-state index contributed by atoms with van der Waals surface area (Å²) >= 11 is 0. The van der Waals surface area contributed by atoms with Gasteiger partial charge in [-0.25, -0.2) is 4.79 Å². The van der Waals surface area contributed by atoms with Gasteiger partial charge in [-0.15, -0.1) is 0 Å². The van der Waals surface area contributed by atoms with E-state index in [1.807, 2.05) is 0 Å². The molecule has 1 spiro atoms. The summed E-state index contributed by atoms with van der Waals surface area (Å²) in [6.07, 6.45) is -7.98. The van der Waals surface area contributed by atoms with E-state index in [1.165, 1.54) is 19.1 Å². The molecule has 3 N–H and O–H groups in total. The SMILES string of the molecule is CCC(C)C(=O)OC[C@@]12[C@H](OC(=O)c3ccccc3)[C@@H](O)[C@@H]3[C@@H](O)[C@]1(OC3(C)C)[C@@](C)(O)C[C@H](OC(C)=O)[C@@H]2OC(C)=O. The summed E-state index contributed by atoms with van der Waals surface area (Å²) in [5.74, 6) is -4.86. The van der Waals surface area contributed by atoms with Crippen molar-refractivity contribution < 1.29 is 58.2 Å². The third kappa shape index (κ3) is 5.11. The molecule has 1 unspecified atom stereocenters. The molecule has 2 saturated carbocycles. The molecule has 1 saturated heterocycles. The Morgan fingerprint density at radius 2 is 1.58 bits per heavy atom. The van der Waals surface area contributed by atoms with Gasteiger partial charge in [0.05, 0.1) is 28.8 Å². The second kappa shape index (κ2) is 11.5. The maximum Gasteiger partial charge on any atom is 0.338 e. The molecule has 1 aliphatic heterocycles. The first-order chi connectivity index (χ1) is 20.0. The minimum absolute atomic E-state index is 0.122. The first-order valence-electron chi connectivity index (χ1n) is 14.5. The van der Waals surface area contributed by atoms with Crippen LogP contribution in [0.2, 0.25) is 0 Å². The number of hydrogen-bond donors (Lipinski definition) is 3. The van der Waals surface area contributed by atoms with Gasteiger partial charge in [-0.2, -0.15) is 0 Å². The number of rotatable bonds is 8. The minimum Gasteiger partial charge on any atom is -0.464 e. The lowest BCUT2D eigenvalue weighted by Crippen LogP contribution is -2.85. The number of carbonyl (C=O) groups excluding carboxylic acids is 4. The molecular formula is C31H42O12. The van der Waals surface area contributed by atoms with E-state index in [1.54, 1.807) is 45.9 Å². The van der Waals surface area contributed by atoms with E-state index in [4.69, 9.17) is 23.7 Å². The van der Waals surface area contributed by atoms with Crippen LogP contribution in [-0.2, 0) is 38.1 Å². The maximum atomic E-state index is 13.6. The molecule has 3 fully saturated rings. The van der Waals surface area contributed by atoms with Crippen LogP contribution in [0.4, 0.5) is 0 Å². The smallest absolute Gasteiger partial charge is 0.338 e. The molecule has 4 rings (SSSR count). The van der Waals surface area contributed by atoms with E-state index in [2.05, 4.69) is 0 Å². The number of carbonyl (C=O) groups is 4. The summed E-state index contributed by atoms with van der Waals surface area (Å²) in [6.45, 7) is 9.46. The standard InChI is InChI=1S/C31H42O12/c1-8-16(2)26(36)39-15-30-24(41-18(4)33)20(40-17(3)32)14-29(7,38)31(30)23(35)21(28(5,6)43-31)22(34)25(30)42-27(37)19-12-10-9-11-13-19/h9-13,16,20-25,34-35,38H,8,14-15H2,1-7H3/t16?,20-,21+,22-,23+,24-,25+,29-,30+,31-/m0/s1. The molecule has 0 aromatic heterocycles. The van der Waals surface area contributed by atoms with Crippen LogP contribution in [-0.4, -0.2) is 93.1 Å². The molecule has 2 aliphatic carbocycles. The number of ether oxygens (including phenoxy) is 5. The first kappa shape index (κ1) is 32.8. The van der Waals surface area contributed by atoms with Gasteiger partial charge in [-0.1, -0.05) is 32.0 Å². The highest BCUT2D eigenvalue weighted by Crippen LogP contribution is 2.68. The van der Waals surface area contributed by atoms with Crippen molar-refractivity contribution in [1.82, 2.24) is 0 Å². The zero-order valence-electron chi connectivity index (χ0n) is 25.6. The molecule has 1 heterocycles. The Balaban J connectivity index is 2.04. The van der Waals surface area contributed by atoms with Gasteiger partial charge < -0.3 is 39.0 Å². The van der Waals surface area contributed by atoms with Crippen molar-refractivity contribution in [3.8, 4) is 0 Å². The molecule has 10 atom stereocenters. The van der Waals surface area contributed by atoms with Gasteiger partial charge >= 0.3 is 23.9 Å². The van der Waals surface area contributed by atoms with Crippen LogP contribution in [0.5, 0.6) is 0 Å². The fourth-order valence-electron chi connectivity index (χ4n) is 7.51. The highest BCUT2D eigenvalue weighted by atomic mass is 16.6. The summed E-state index contributed by atoms with van der Waals surface area (Å²) in [7, 11) is 0. The van der Waals surface area contributed by atoms with Crippen LogP contribution in [0.1, 0.15) is 71.7 Å². The first-order valence-corrected chi connectivity index (χ1v) is 14.5. The number of esters is 4. The van der Waals surface area contributed by atoms with Gasteiger partial charge in [0.15, 0.2) is 6.10 Å². The van der Waals surface area contributed by atoms with E-state index >= 15 is 0 Å². The number of hydrogen-bond acceptors (Lipinski definition) is 12. The number of aliphatic hydroxyl groups excluding tert-OH is 2. The van der Waals surface area contributed by atoms with Crippen LogP contribution in [0.25, 0.3) is 0 Å². The summed E-state index contributed by atoms with van der Waals surface area (Å²) in [4.78, 5) is 51.7. The molecule has 43 heavy (non-hydrogen) atoms. The van der Waals surface area contributed by atoms with Gasteiger partial charge in [0.25, 0.3) is 0 Å². The monoisotopic (exact) mass is 606 g/mol. The molecule has 1 aromatic carbocycles. The van der Waals surface area contributed by atoms with Gasteiger partial charge in [-0.05, 0) is 39.3 Å². The lowest BCUT2D eigenvalue weighted by molar-refractivity contribution is -0.362. The second-order valence-electron chi connectivity index (χ2n) is 12.7. The van der Waals surface area contributed by atoms with Crippen molar-refractivity contribution >= 4 is 23.9 Å². The molecule has 2 bridgehead atoms. The van der Waals surface area contributed by atoms with Crippen molar-refractivity contribution in [1.29, 1.82) is 0 Å². The Kier molecular flexibility index (Phi) is 8.75. The number of aliphatic hydroxyl groups is 3. The summed E-state index contributed by atoms with van der Waals surface area (Å²) in [6, 6.07) is 7.91. The molecule has 12 nitrogen and oxygen atoms in total. The average molecular weight is 607 g/mol. The fraction of sp³-hybridized carbons (Fsp3) is 0.677. The van der Waals surface area contributed by atoms with Crippen LogP contribution in [0.15, 0.2) is 30.3 Å². The van der Waals surface area contributed by atoms with E-state index in [0.717, 1.165) is 13.8 Å². The van der Waals surface area contributed by atoms with Gasteiger partial charge in [0.2, 0.25) is 0 Å². The third-order valence-corrected chi connectivity index (χ3v) is 9.43. The molecule has 1 aromatic rings. The van der Waals surface area contributed by atoms with Crippen molar-refractivity contribution in [3.63, 3.8) is 0 Å². The highest BCUT2D eigenvalue weighted by Gasteiger charge is 2.87. The van der Waals surface area contributed by atoms with Crippen LogP contribution >= 0.6 is 0 Å². The Bertz CT molecular complexity index is 1240. The predicted octanol–water partition coefficient (Wildman–Crippen LogP) is 1.70. The van der Waals surface area contributed by atoms with Gasteiger partial charge in [-0.3, -0.25) is 14.4 Å². The lowest BCUT2D eigenvalue weighted by Gasteiger charge is -2.66. The highest BCUT2D eigenvalue weighted by molar-refractivity contribution is 5.89. The van der Waals surface area contributed by atoms with Crippen molar-refractivity contribution in [3.05, 3.63) is 35.9 Å². The normalized spacial score (nSPS) is 38.3. The van der Waals surface area contributed by atoms with Crippen LogP contribution in [0.3, 0.4) is 0 Å². The fourth-order valence-corrected chi connectivity index (χ4v) is 7.51. The third-order valence-electron chi connectivity index (χ3n) is 9.43. The Morgan fingerprint density at radius 3 is 2.14 bits per heavy atom. The molecule has 3 aliphatic rings. The zero-order chi connectivity index (χ0) is 32.1. The summed E-state index contributed by atoms with van der Waals surface area (Å²) < 4.78 is 29.8. The molecule has 238 valence electrons. The predicted molar refractivity (Wildman–Crippen MR) is 148 cm³/mol. The number of benzene rings is 1. The zero-order valence-corrected chi connectivity index (χ0v) is 25.6. The van der Waals surface area contributed by atoms with E-state index in [-0.39, 0.29) is 12.0 Å². The lowest BCUT2D eigenvalue weighted by atomic mass is 9.46. The van der Waals surface area contributed by atoms with Crippen LogP contribution in [0, 0.1) is 17.3 Å².